The topological polar surface area (TPSA) is 84.7 Å². The number of fused-ring (bicyclic) bond motifs is 3. The lowest BCUT2D eigenvalue weighted by atomic mass is 9.78. The number of hydrogen-bond donors (Lipinski definition) is 1. The third-order valence-electron chi connectivity index (χ3n) is 6.63. The molecule has 0 bridgehead atoms. The van der Waals surface area contributed by atoms with Crippen molar-refractivity contribution >= 4 is 22.4 Å². The second kappa shape index (κ2) is 7.87. The Bertz CT molecular complexity index is 1400. The highest BCUT2D eigenvalue weighted by Crippen LogP contribution is 2.47. The van der Waals surface area contributed by atoms with Crippen molar-refractivity contribution in [3.8, 4) is 27.4 Å². The first-order valence-electron chi connectivity index (χ1n) is 11.2. The van der Waals surface area contributed by atoms with Gasteiger partial charge in [-0.3, -0.25) is 4.79 Å². The summed E-state index contributed by atoms with van der Waals surface area (Å²) in [4.78, 5) is 30.9. The predicted octanol–water partition coefficient (Wildman–Crippen LogP) is 4.94. The average molecular weight is 502 g/mol. The van der Waals surface area contributed by atoms with E-state index in [2.05, 4.69) is 25.8 Å². The number of thiazole rings is 1. The highest BCUT2D eigenvalue weighted by atomic mass is 32.1. The van der Waals surface area contributed by atoms with Crippen LogP contribution in [-0.4, -0.2) is 46.7 Å². The van der Waals surface area contributed by atoms with Crippen molar-refractivity contribution in [2.75, 3.05) is 25.1 Å². The van der Waals surface area contributed by atoms with E-state index >= 15 is 0 Å². The number of ether oxygens (including phenoxy) is 1. The van der Waals surface area contributed by atoms with E-state index in [1.165, 1.54) is 23.6 Å². The predicted molar refractivity (Wildman–Crippen MR) is 130 cm³/mol. The Hall–Kier alpha value is -3.27. The molecule has 1 atom stereocenters. The van der Waals surface area contributed by atoms with Crippen molar-refractivity contribution in [3.63, 3.8) is 0 Å². The first kappa shape index (κ1) is 23.5. The molecule has 2 aliphatic rings. The normalized spacial score (nSPS) is 18.5. The molecule has 10 heteroatoms. The molecule has 0 saturated carbocycles. The third kappa shape index (κ3) is 3.99. The number of methoxy groups -OCH3 is 1. The van der Waals surface area contributed by atoms with Gasteiger partial charge >= 0.3 is 5.97 Å². The van der Waals surface area contributed by atoms with E-state index in [9.17, 15) is 23.5 Å². The molecule has 1 aromatic carbocycles. The number of rotatable bonds is 4. The molecule has 1 fully saturated rings. The Morgan fingerprint density at radius 3 is 2.54 bits per heavy atom. The summed E-state index contributed by atoms with van der Waals surface area (Å²) in [5, 5.41) is 10.0. The molecule has 35 heavy (non-hydrogen) atoms. The number of anilines is 1. The molecular weight excluding hydrogens is 476 g/mol. The quantitative estimate of drug-likeness (QED) is 0.545. The lowest BCUT2D eigenvalue weighted by Crippen LogP contribution is -2.56. The second-order valence-corrected chi connectivity index (χ2v) is 11.2. The van der Waals surface area contributed by atoms with Crippen LogP contribution in [-0.2, 0) is 6.42 Å². The van der Waals surface area contributed by atoms with Gasteiger partial charge in [-0.05, 0) is 29.5 Å². The molecule has 0 radical (unpaired) electrons. The SMILES string of the molecule is COc1cc2c(cc1-c1cnc(N3CC(F)(F)C3)s1)CC(C(C)(C)C)n1cc(C(=O)O)c(=O)cc1-2. The summed E-state index contributed by atoms with van der Waals surface area (Å²) >= 11 is 1.33. The van der Waals surface area contributed by atoms with Crippen LogP contribution < -0.4 is 15.1 Å². The summed E-state index contributed by atoms with van der Waals surface area (Å²) in [6.07, 6.45) is 3.73. The number of nitrogens with zero attached hydrogens (tertiary/aromatic N) is 3. The van der Waals surface area contributed by atoms with E-state index in [4.69, 9.17) is 4.74 Å². The fourth-order valence-corrected chi connectivity index (χ4v) is 5.73. The van der Waals surface area contributed by atoms with Gasteiger partial charge in [0.05, 0.1) is 30.8 Å². The molecule has 0 amide bonds. The zero-order chi connectivity index (χ0) is 25.3. The summed E-state index contributed by atoms with van der Waals surface area (Å²) in [6, 6.07) is 5.15. The van der Waals surface area contributed by atoms with Gasteiger partial charge in [-0.2, -0.15) is 0 Å². The molecule has 5 rings (SSSR count). The van der Waals surface area contributed by atoms with Crippen molar-refractivity contribution in [3.05, 3.63) is 51.9 Å². The van der Waals surface area contributed by atoms with Gasteiger partial charge in [-0.25, -0.2) is 18.6 Å². The van der Waals surface area contributed by atoms with Gasteiger partial charge in [0.15, 0.2) is 10.6 Å². The Kier molecular flexibility index (Phi) is 5.28. The first-order valence-corrected chi connectivity index (χ1v) is 12.0. The van der Waals surface area contributed by atoms with E-state index in [0.717, 1.165) is 21.6 Å². The van der Waals surface area contributed by atoms with Crippen molar-refractivity contribution in [2.45, 2.75) is 39.2 Å². The molecule has 3 aromatic rings. The van der Waals surface area contributed by atoms with Gasteiger partial charge in [-0.1, -0.05) is 32.1 Å². The lowest BCUT2D eigenvalue weighted by molar-refractivity contribution is -0.0262. The van der Waals surface area contributed by atoms with Gasteiger partial charge in [-0.15, -0.1) is 0 Å². The highest BCUT2D eigenvalue weighted by molar-refractivity contribution is 7.19. The smallest absolute Gasteiger partial charge is 0.341 e. The Balaban J connectivity index is 1.63. The monoisotopic (exact) mass is 501 g/mol. The standard InChI is InChI=1S/C25H25F2N3O4S/c1-24(2,3)21-6-13-5-15(20-9-28-23(35-20)29-11-25(26,27)12-29)19(34-4)7-14(13)17-8-18(31)16(22(32)33)10-30(17)21/h5,7-10,21H,6,11-12H2,1-4H3,(H,32,33). The molecule has 2 aliphatic heterocycles. The number of hydrogen-bond acceptors (Lipinski definition) is 6. The number of aromatic carboxylic acids is 1. The maximum Gasteiger partial charge on any atom is 0.341 e. The van der Waals surface area contributed by atoms with Crippen LogP contribution in [0, 0.1) is 5.41 Å². The van der Waals surface area contributed by atoms with Gasteiger partial charge in [0, 0.05) is 35.6 Å². The number of alkyl halides is 2. The van der Waals surface area contributed by atoms with Crippen LogP contribution >= 0.6 is 11.3 Å². The van der Waals surface area contributed by atoms with Gasteiger partial charge < -0.3 is 19.3 Å². The van der Waals surface area contributed by atoms with Crippen LogP contribution in [0.15, 0.2) is 35.4 Å². The first-order chi connectivity index (χ1) is 16.4. The number of carbonyl (C=O) groups is 1. The van der Waals surface area contributed by atoms with Crippen molar-refractivity contribution in [1.29, 1.82) is 0 Å². The van der Waals surface area contributed by atoms with Crippen LogP contribution in [0.5, 0.6) is 5.75 Å². The number of carboxylic acids is 1. The molecule has 7 nitrogen and oxygen atoms in total. The summed E-state index contributed by atoms with van der Waals surface area (Å²) in [6.45, 7) is 5.56. The maximum absolute atomic E-state index is 13.3. The largest absolute Gasteiger partial charge is 0.496 e. The van der Waals surface area contributed by atoms with Crippen molar-refractivity contribution in [2.24, 2.45) is 5.41 Å². The van der Waals surface area contributed by atoms with Crippen LogP contribution in [0.3, 0.4) is 0 Å². The van der Waals surface area contributed by atoms with E-state index in [0.29, 0.717) is 23.0 Å². The fourth-order valence-electron chi connectivity index (χ4n) is 4.79. The van der Waals surface area contributed by atoms with Gasteiger partial charge in [0.2, 0.25) is 0 Å². The molecule has 1 unspecified atom stereocenters. The van der Waals surface area contributed by atoms with E-state index in [-0.39, 0.29) is 30.1 Å². The van der Waals surface area contributed by atoms with Crippen LogP contribution in [0.4, 0.5) is 13.9 Å². The highest BCUT2D eigenvalue weighted by Gasteiger charge is 2.45. The Labute approximate surface area is 204 Å². The fraction of sp³-hybridized carbons (Fsp3) is 0.400. The minimum atomic E-state index is -2.68. The van der Waals surface area contributed by atoms with Crippen LogP contribution in [0.1, 0.15) is 42.7 Å². The molecule has 184 valence electrons. The zero-order valence-electron chi connectivity index (χ0n) is 19.8. The number of aromatic nitrogens is 2. The van der Waals surface area contributed by atoms with E-state index in [1.54, 1.807) is 18.2 Å². The van der Waals surface area contributed by atoms with Crippen LogP contribution in [0.25, 0.3) is 21.7 Å². The zero-order valence-corrected chi connectivity index (χ0v) is 20.6. The number of halogens is 2. The maximum atomic E-state index is 13.3. The molecule has 0 aliphatic carbocycles. The number of carboxylic acid groups (broad SMARTS) is 1. The summed E-state index contributed by atoms with van der Waals surface area (Å²) in [5.74, 6) is -3.37. The summed E-state index contributed by atoms with van der Waals surface area (Å²) < 4.78 is 34.2. The minimum Gasteiger partial charge on any atom is -0.496 e. The van der Waals surface area contributed by atoms with Gasteiger partial charge in [0.25, 0.3) is 5.92 Å². The van der Waals surface area contributed by atoms with Crippen LogP contribution in [0.2, 0.25) is 0 Å². The summed E-state index contributed by atoms with van der Waals surface area (Å²) in [5.41, 5.74) is 2.19. The van der Waals surface area contributed by atoms with E-state index < -0.39 is 17.3 Å². The van der Waals surface area contributed by atoms with Crippen molar-refractivity contribution in [1.82, 2.24) is 9.55 Å². The lowest BCUT2D eigenvalue weighted by Gasteiger charge is -2.39. The van der Waals surface area contributed by atoms with Crippen molar-refractivity contribution < 1.29 is 23.4 Å². The Morgan fingerprint density at radius 1 is 1.23 bits per heavy atom. The molecule has 4 heterocycles. The average Bonchev–Trinajstić information content (AvgIpc) is 3.24. The minimum absolute atomic E-state index is 0.0923. The van der Waals surface area contributed by atoms with E-state index in [1.807, 2.05) is 16.7 Å². The van der Waals surface area contributed by atoms with Gasteiger partial charge in [0.1, 0.15) is 11.3 Å². The molecule has 0 spiro atoms. The summed E-state index contributed by atoms with van der Waals surface area (Å²) in [7, 11) is 1.55. The third-order valence-corrected chi connectivity index (χ3v) is 7.73. The molecule has 2 aromatic heterocycles. The molecular formula is C25H25F2N3O4S. The Morgan fingerprint density at radius 2 is 1.94 bits per heavy atom. The molecule has 1 N–H and O–H groups in total. The number of benzene rings is 1. The second-order valence-electron chi connectivity index (χ2n) is 10.2. The number of pyridine rings is 1. The molecule has 1 saturated heterocycles.